The van der Waals surface area contributed by atoms with Gasteiger partial charge in [0.25, 0.3) is 5.91 Å². The highest BCUT2D eigenvalue weighted by Gasteiger charge is 2.17. The SMILES string of the molecule is CCOc1ccc(C=CC(=O)c2ccc3c(c2)NC(=O)CO3)cc1. The maximum atomic E-state index is 12.3. The van der Waals surface area contributed by atoms with Crippen molar-refractivity contribution >= 4 is 23.5 Å². The number of ether oxygens (including phenoxy) is 2. The van der Waals surface area contributed by atoms with Crippen LogP contribution in [0.5, 0.6) is 11.5 Å². The predicted octanol–water partition coefficient (Wildman–Crippen LogP) is 3.31. The summed E-state index contributed by atoms with van der Waals surface area (Å²) in [6.45, 7) is 2.54. The first-order chi connectivity index (χ1) is 11.7. The molecular weight excluding hydrogens is 306 g/mol. The number of nitrogens with one attached hydrogen (secondary N) is 1. The molecule has 0 radical (unpaired) electrons. The van der Waals surface area contributed by atoms with Gasteiger partial charge in [-0.25, -0.2) is 0 Å². The lowest BCUT2D eigenvalue weighted by Crippen LogP contribution is -2.25. The Labute approximate surface area is 139 Å². The van der Waals surface area contributed by atoms with E-state index in [2.05, 4.69) is 5.32 Å². The first-order valence-electron chi connectivity index (χ1n) is 7.67. The Hall–Kier alpha value is -3.08. The lowest BCUT2D eigenvalue weighted by molar-refractivity contribution is -0.118. The second kappa shape index (κ2) is 7.00. The Bertz CT molecular complexity index is 794. The first kappa shape index (κ1) is 15.8. The van der Waals surface area contributed by atoms with Crippen LogP contribution in [0.3, 0.4) is 0 Å². The third-order valence-corrected chi connectivity index (χ3v) is 3.52. The van der Waals surface area contributed by atoms with Crippen LogP contribution >= 0.6 is 0 Å². The highest BCUT2D eigenvalue weighted by atomic mass is 16.5. The van der Waals surface area contributed by atoms with Crippen LogP contribution in [-0.2, 0) is 4.79 Å². The van der Waals surface area contributed by atoms with Gasteiger partial charge in [0, 0.05) is 5.56 Å². The van der Waals surface area contributed by atoms with Crippen molar-refractivity contribution in [2.75, 3.05) is 18.5 Å². The van der Waals surface area contributed by atoms with Gasteiger partial charge >= 0.3 is 0 Å². The van der Waals surface area contributed by atoms with Gasteiger partial charge in [-0.15, -0.1) is 0 Å². The Morgan fingerprint density at radius 3 is 2.79 bits per heavy atom. The fourth-order valence-corrected chi connectivity index (χ4v) is 2.35. The molecule has 122 valence electrons. The fourth-order valence-electron chi connectivity index (χ4n) is 2.35. The van der Waals surface area contributed by atoms with Crippen molar-refractivity contribution in [1.82, 2.24) is 0 Å². The van der Waals surface area contributed by atoms with E-state index >= 15 is 0 Å². The van der Waals surface area contributed by atoms with Crippen LogP contribution in [0.25, 0.3) is 6.08 Å². The van der Waals surface area contributed by atoms with Crippen LogP contribution in [0.2, 0.25) is 0 Å². The van der Waals surface area contributed by atoms with Crippen LogP contribution in [0.1, 0.15) is 22.8 Å². The van der Waals surface area contributed by atoms with E-state index in [1.807, 2.05) is 31.2 Å². The molecule has 0 spiro atoms. The topological polar surface area (TPSA) is 64.6 Å². The van der Waals surface area contributed by atoms with Crippen LogP contribution in [0.15, 0.2) is 48.5 Å². The molecule has 1 aliphatic heterocycles. The lowest BCUT2D eigenvalue weighted by atomic mass is 10.1. The van der Waals surface area contributed by atoms with Crippen molar-refractivity contribution in [2.24, 2.45) is 0 Å². The maximum Gasteiger partial charge on any atom is 0.262 e. The lowest BCUT2D eigenvalue weighted by Gasteiger charge is -2.17. The number of amides is 1. The van der Waals surface area contributed by atoms with E-state index in [1.54, 1.807) is 24.3 Å². The summed E-state index contributed by atoms with van der Waals surface area (Å²) in [5, 5.41) is 2.69. The number of carbonyl (C=O) groups excluding carboxylic acids is 2. The Morgan fingerprint density at radius 2 is 2.04 bits per heavy atom. The van der Waals surface area contributed by atoms with Crippen molar-refractivity contribution in [3.63, 3.8) is 0 Å². The highest BCUT2D eigenvalue weighted by molar-refractivity contribution is 6.08. The molecule has 2 aromatic carbocycles. The monoisotopic (exact) mass is 323 g/mol. The number of hydrogen-bond donors (Lipinski definition) is 1. The molecule has 5 heteroatoms. The first-order valence-corrected chi connectivity index (χ1v) is 7.67. The molecule has 5 nitrogen and oxygen atoms in total. The smallest absolute Gasteiger partial charge is 0.262 e. The van der Waals surface area contributed by atoms with Crippen LogP contribution < -0.4 is 14.8 Å². The molecule has 0 fully saturated rings. The van der Waals surface area contributed by atoms with Crippen LogP contribution in [0.4, 0.5) is 5.69 Å². The van der Waals surface area contributed by atoms with E-state index in [-0.39, 0.29) is 18.3 Å². The molecule has 1 heterocycles. The molecule has 2 aromatic rings. The summed E-state index contributed by atoms with van der Waals surface area (Å²) in [5.41, 5.74) is 1.91. The zero-order valence-corrected chi connectivity index (χ0v) is 13.2. The van der Waals surface area contributed by atoms with Gasteiger partial charge in [-0.2, -0.15) is 0 Å². The molecule has 1 aliphatic rings. The average molecular weight is 323 g/mol. The Kier molecular flexibility index (Phi) is 4.61. The van der Waals surface area contributed by atoms with E-state index in [0.717, 1.165) is 11.3 Å². The molecule has 0 aliphatic carbocycles. The minimum atomic E-state index is -0.225. The predicted molar refractivity (Wildman–Crippen MR) is 91.5 cm³/mol. The summed E-state index contributed by atoms with van der Waals surface area (Å²) in [5.74, 6) is 0.997. The number of carbonyl (C=O) groups is 2. The highest BCUT2D eigenvalue weighted by Crippen LogP contribution is 2.28. The van der Waals surface area contributed by atoms with Gasteiger partial charge in [0.1, 0.15) is 11.5 Å². The van der Waals surface area contributed by atoms with Gasteiger partial charge in [0.05, 0.1) is 12.3 Å². The minimum Gasteiger partial charge on any atom is -0.494 e. The summed E-state index contributed by atoms with van der Waals surface area (Å²) in [6, 6.07) is 12.5. The van der Waals surface area contributed by atoms with Gasteiger partial charge < -0.3 is 14.8 Å². The molecule has 3 rings (SSSR count). The average Bonchev–Trinajstić information content (AvgIpc) is 2.60. The molecule has 0 saturated carbocycles. The maximum absolute atomic E-state index is 12.3. The summed E-state index contributed by atoms with van der Waals surface area (Å²) >= 11 is 0. The van der Waals surface area contributed by atoms with Crippen LogP contribution in [0, 0.1) is 0 Å². The zero-order chi connectivity index (χ0) is 16.9. The van der Waals surface area contributed by atoms with Gasteiger partial charge in [0.15, 0.2) is 12.4 Å². The summed E-state index contributed by atoms with van der Waals surface area (Å²) in [6.07, 6.45) is 3.25. The third-order valence-electron chi connectivity index (χ3n) is 3.52. The number of ketones is 1. The van der Waals surface area contributed by atoms with Gasteiger partial charge in [-0.1, -0.05) is 18.2 Å². The molecule has 0 bridgehead atoms. The number of anilines is 1. The Balaban J connectivity index is 1.72. The second-order valence-corrected chi connectivity index (χ2v) is 5.25. The second-order valence-electron chi connectivity index (χ2n) is 5.25. The van der Waals surface area contributed by atoms with Crippen LogP contribution in [-0.4, -0.2) is 24.9 Å². The van der Waals surface area contributed by atoms with E-state index in [0.29, 0.717) is 23.6 Å². The van der Waals surface area contributed by atoms with Crippen molar-refractivity contribution in [3.8, 4) is 11.5 Å². The molecular formula is C19H17NO4. The quantitative estimate of drug-likeness (QED) is 0.677. The molecule has 1 amide bonds. The van der Waals surface area contributed by atoms with E-state index in [9.17, 15) is 9.59 Å². The molecule has 24 heavy (non-hydrogen) atoms. The summed E-state index contributed by atoms with van der Waals surface area (Å²) < 4.78 is 10.7. The number of benzene rings is 2. The number of fused-ring (bicyclic) bond motifs is 1. The Morgan fingerprint density at radius 1 is 1.25 bits per heavy atom. The van der Waals surface area contributed by atoms with Crippen molar-refractivity contribution < 1.29 is 19.1 Å². The third kappa shape index (κ3) is 3.63. The van der Waals surface area contributed by atoms with Crippen molar-refractivity contribution in [1.29, 1.82) is 0 Å². The standard InChI is InChI=1S/C19H17NO4/c1-2-23-15-7-3-13(4-8-15)5-9-17(21)14-6-10-18-16(11-14)20-19(22)12-24-18/h3-11H,2,12H2,1H3,(H,20,22). The zero-order valence-electron chi connectivity index (χ0n) is 13.2. The molecule has 1 N–H and O–H groups in total. The number of hydrogen-bond acceptors (Lipinski definition) is 4. The van der Waals surface area contributed by atoms with Gasteiger partial charge in [-0.3, -0.25) is 9.59 Å². The van der Waals surface area contributed by atoms with Gasteiger partial charge in [0.2, 0.25) is 0 Å². The number of allylic oxidation sites excluding steroid dienone is 1. The van der Waals surface area contributed by atoms with Crippen molar-refractivity contribution in [2.45, 2.75) is 6.92 Å². The van der Waals surface area contributed by atoms with E-state index in [1.165, 1.54) is 6.08 Å². The van der Waals surface area contributed by atoms with Crippen molar-refractivity contribution in [3.05, 3.63) is 59.7 Å². The van der Waals surface area contributed by atoms with E-state index in [4.69, 9.17) is 9.47 Å². The molecule has 0 aromatic heterocycles. The summed E-state index contributed by atoms with van der Waals surface area (Å²) in [7, 11) is 0. The van der Waals surface area contributed by atoms with Gasteiger partial charge in [-0.05, 0) is 48.9 Å². The number of rotatable bonds is 5. The fraction of sp³-hybridized carbons (Fsp3) is 0.158. The normalized spacial score (nSPS) is 13.1. The minimum absolute atomic E-state index is 0.00205. The van der Waals surface area contributed by atoms with E-state index < -0.39 is 0 Å². The summed E-state index contributed by atoms with van der Waals surface area (Å²) in [4.78, 5) is 23.6. The largest absolute Gasteiger partial charge is 0.494 e. The molecule has 0 atom stereocenters. The molecule has 0 saturated heterocycles. The molecule has 0 unspecified atom stereocenters.